The van der Waals surface area contributed by atoms with Crippen LogP contribution < -0.4 is 0 Å². The van der Waals surface area contributed by atoms with Gasteiger partial charge in [-0.2, -0.15) is 0 Å². The Hall–Kier alpha value is -2.34. The second-order valence-corrected chi connectivity index (χ2v) is 5.73. The van der Waals surface area contributed by atoms with Crippen molar-refractivity contribution in [2.45, 2.75) is 25.3 Å². The summed E-state index contributed by atoms with van der Waals surface area (Å²) in [6.45, 7) is 1.43. The third-order valence-corrected chi connectivity index (χ3v) is 4.28. The lowest BCUT2D eigenvalue weighted by molar-refractivity contribution is -0.137. The molecule has 1 aliphatic heterocycles. The molecule has 0 spiro atoms. The number of aromatic amines is 1. The third-order valence-electron chi connectivity index (χ3n) is 4.28. The van der Waals surface area contributed by atoms with Gasteiger partial charge in [-0.15, -0.1) is 0 Å². The molecule has 0 atom stereocenters. The molecule has 1 amide bonds. The molecule has 6 nitrogen and oxygen atoms in total. The van der Waals surface area contributed by atoms with Crippen LogP contribution in [0.15, 0.2) is 30.5 Å². The molecule has 3 rings (SSSR count). The van der Waals surface area contributed by atoms with Crippen LogP contribution >= 0.6 is 0 Å². The van der Waals surface area contributed by atoms with E-state index in [9.17, 15) is 9.59 Å². The second-order valence-electron chi connectivity index (χ2n) is 5.73. The van der Waals surface area contributed by atoms with Crippen LogP contribution in [0.3, 0.4) is 0 Å². The van der Waals surface area contributed by atoms with Gasteiger partial charge in [0.15, 0.2) is 0 Å². The summed E-state index contributed by atoms with van der Waals surface area (Å²) in [6, 6.07) is 7.53. The molecule has 0 saturated carbocycles. The van der Waals surface area contributed by atoms with Crippen molar-refractivity contribution in [3.05, 3.63) is 36.0 Å². The topological polar surface area (TPSA) is 82.6 Å². The summed E-state index contributed by atoms with van der Waals surface area (Å²) in [7, 11) is 0. The summed E-state index contributed by atoms with van der Waals surface area (Å²) in [5.41, 5.74) is 1.38. The highest BCUT2D eigenvalue weighted by Crippen LogP contribution is 2.22. The van der Waals surface area contributed by atoms with E-state index in [2.05, 4.69) is 4.98 Å². The van der Waals surface area contributed by atoms with Gasteiger partial charge >= 0.3 is 5.97 Å². The first-order valence-electron chi connectivity index (χ1n) is 7.83. The number of H-pyrrole nitrogens is 1. The van der Waals surface area contributed by atoms with Gasteiger partial charge in [-0.05, 0) is 25.0 Å². The highest BCUT2D eigenvalue weighted by molar-refractivity contribution is 6.05. The number of aromatic nitrogens is 1. The average molecular weight is 316 g/mol. The smallest absolute Gasteiger partial charge is 0.305 e. The number of fused-ring (bicyclic) bond motifs is 1. The molecule has 1 aromatic carbocycles. The first-order valence-corrected chi connectivity index (χ1v) is 7.83. The van der Waals surface area contributed by atoms with Gasteiger partial charge < -0.3 is 19.7 Å². The summed E-state index contributed by atoms with van der Waals surface area (Å²) in [5, 5.41) is 9.96. The summed E-state index contributed by atoms with van der Waals surface area (Å²) in [6.07, 6.45) is 3.24. The van der Waals surface area contributed by atoms with Crippen molar-refractivity contribution < 1.29 is 19.4 Å². The summed E-state index contributed by atoms with van der Waals surface area (Å²) < 4.78 is 5.36. The standard InChI is InChI=1S/C17H20N2O4/c20-15(21)5-9-19(13-6-10-23-11-7-13)17(22)14-3-1-2-12-4-8-18-16(12)14/h1-4,8,13,18H,5-7,9-11H2,(H,20,21). The van der Waals surface area contributed by atoms with Crippen LogP contribution in [0, 0.1) is 0 Å². The number of carboxylic acid groups (broad SMARTS) is 1. The molecule has 1 fully saturated rings. The van der Waals surface area contributed by atoms with Gasteiger partial charge in [-0.1, -0.05) is 12.1 Å². The molecule has 0 aliphatic carbocycles. The van der Waals surface area contributed by atoms with E-state index in [4.69, 9.17) is 9.84 Å². The van der Waals surface area contributed by atoms with Crippen LogP contribution in [0.2, 0.25) is 0 Å². The Balaban J connectivity index is 1.89. The van der Waals surface area contributed by atoms with Gasteiger partial charge in [-0.3, -0.25) is 9.59 Å². The van der Waals surface area contributed by atoms with Crippen molar-refractivity contribution in [1.82, 2.24) is 9.88 Å². The van der Waals surface area contributed by atoms with Crippen molar-refractivity contribution in [2.75, 3.05) is 19.8 Å². The lowest BCUT2D eigenvalue weighted by Crippen LogP contribution is -2.44. The Morgan fingerprint density at radius 1 is 1.26 bits per heavy atom. The maximum absolute atomic E-state index is 13.0. The minimum atomic E-state index is -0.895. The molecule has 2 aromatic rings. The summed E-state index contributed by atoms with van der Waals surface area (Å²) in [4.78, 5) is 28.8. The van der Waals surface area contributed by atoms with E-state index in [0.29, 0.717) is 18.8 Å². The van der Waals surface area contributed by atoms with E-state index >= 15 is 0 Å². The average Bonchev–Trinajstić information content (AvgIpc) is 3.04. The number of nitrogens with zero attached hydrogens (tertiary/aromatic N) is 1. The SMILES string of the molecule is O=C(O)CCN(C(=O)c1cccc2cc[nH]c12)C1CCOCC1. The van der Waals surface area contributed by atoms with Crippen LogP contribution in [-0.4, -0.2) is 52.7 Å². The molecule has 122 valence electrons. The first kappa shape index (κ1) is 15.6. The zero-order valence-corrected chi connectivity index (χ0v) is 12.8. The van der Waals surface area contributed by atoms with Gasteiger partial charge in [0.2, 0.25) is 0 Å². The minimum absolute atomic E-state index is 0.0285. The zero-order valence-electron chi connectivity index (χ0n) is 12.8. The molecular formula is C17H20N2O4. The molecule has 23 heavy (non-hydrogen) atoms. The van der Waals surface area contributed by atoms with Crippen molar-refractivity contribution in [3.63, 3.8) is 0 Å². The molecule has 6 heteroatoms. The predicted molar refractivity (Wildman–Crippen MR) is 85.4 cm³/mol. The van der Waals surface area contributed by atoms with Gasteiger partial charge in [0.25, 0.3) is 5.91 Å². The van der Waals surface area contributed by atoms with Crippen LogP contribution in [-0.2, 0) is 9.53 Å². The highest BCUT2D eigenvalue weighted by Gasteiger charge is 2.28. The van der Waals surface area contributed by atoms with Gasteiger partial charge in [0, 0.05) is 37.4 Å². The Labute approximate surface area is 134 Å². The number of carbonyl (C=O) groups is 2. The van der Waals surface area contributed by atoms with Crippen LogP contribution in [0.5, 0.6) is 0 Å². The van der Waals surface area contributed by atoms with Crippen molar-refractivity contribution in [2.24, 2.45) is 0 Å². The number of hydrogen-bond acceptors (Lipinski definition) is 3. The van der Waals surface area contributed by atoms with Gasteiger partial charge in [-0.25, -0.2) is 0 Å². The Morgan fingerprint density at radius 2 is 2.04 bits per heavy atom. The molecule has 1 aliphatic rings. The second kappa shape index (κ2) is 6.83. The number of carboxylic acids is 1. The Morgan fingerprint density at radius 3 is 2.78 bits per heavy atom. The number of carbonyl (C=O) groups excluding carboxylic acids is 1. The highest BCUT2D eigenvalue weighted by atomic mass is 16.5. The number of amides is 1. The molecular weight excluding hydrogens is 296 g/mol. The number of ether oxygens (including phenoxy) is 1. The number of hydrogen-bond donors (Lipinski definition) is 2. The Bertz CT molecular complexity index is 703. The zero-order chi connectivity index (χ0) is 16.2. The van der Waals surface area contributed by atoms with Gasteiger partial charge in [0.1, 0.15) is 0 Å². The number of benzene rings is 1. The summed E-state index contributed by atoms with van der Waals surface area (Å²) in [5.74, 6) is -1.01. The van der Waals surface area contributed by atoms with Crippen molar-refractivity contribution in [1.29, 1.82) is 0 Å². The Kier molecular flexibility index (Phi) is 4.62. The molecule has 2 N–H and O–H groups in total. The van der Waals surface area contributed by atoms with Crippen LogP contribution in [0.4, 0.5) is 0 Å². The lowest BCUT2D eigenvalue weighted by atomic mass is 10.0. The van der Waals surface area contributed by atoms with E-state index < -0.39 is 5.97 Å². The number of para-hydroxylation sites is 1. The number of rotatable bonds is 5. The first-order chi connectivity index (χ1) is 11.2. The maximum atomic E-state index is 13.0. The molecule has 0 unspecified atom stereocenters. The predicted octanol–water partition coefficient (Wildman–Crippen LogP) is 2.26. The molecule has 0 radical (unpaired) electrons. The third kappa shape index (κ3) is 3.37. The fourth-order valence-electron chi connectivity index (χ4n) is 3.08. The fourth-order valence-corrected chi connectivity index (χ4v) is 3.08. The van der Waals surface area contributed by atoms with Crippen LogP contribution in [0.25, 0.3) is 10.9 Å². The van der Waals surface area contributed by atoms with E-state index in [0.717, 1.165) is 23.7 Å². The largest absolute Gasteiger partial charge is 0.481 e. The van der Waals surface area contributed by atoms with E-state index in [1.165, 1.54) is 0 Å². The van der Waals surface area contributed by atoms with Crippen LogP contribution in [0.1, 0.15) is 29.6 Å². The van der Waals surface area contributed by atoms with Gasteiger partial charge in [0.05, 0.1) is 17.5 Å². The normalized spacial score (nSPS) is 15.7. The maximum Gasteiger partial charge on any atom is 0.305 e. The van der Waals surface area contributed by atoms with Crippen molar-refractivity contribution in [3.8, 4) is 0 Å². The lowest BCUT2D eigenvalue weighted by Gasteiger charge is -2.34. The van der Waals surface area contributed by atoms with Crippen molar-refractivity contribution >= 4 is 22.8 Å². The number of nitrogens with one attached hydrogen (secondary N) is 1. The minimum Gasteiger partial charge on any atom is -0.481 e. The fraction of sp³-hybridized carbons (Fsp3) is 0.412. The van der Waals surface area contributed by atoms with E-state index in [-0.39, 0.29) is 24.9 Å². The molecule has 1 aromatic heterocycles. The summed E-state index contributed by atoms with van der Waals surface area (Å²) >= 11 is 0. The molecule has 1 saturated heterocycles. The number of aliphatic carboxylic acids is 1. The monoisotopic (exact) mass is 316 g/mol. The van der Waals surface area contributed by atoms with E-state index in [1.807, 2.05) is 18.2 Å². The molecule has 2 heterocycles. The molecule has 0 bridgehead atoms. The quantitative estimate of drug-likeness (QED) is 0.886. The van der Waals surface area contributed by atoms with E-state index in [1.54, 1.807) is 17.2 Å².